The van der Waals surface area contributed by atoms with Gasteiger partial charge >= 0.3 is 0 Å². The van der Waals surface area contributed by atoms with Gasteiger partial charge in [0.25, 0.3) is 0 Å². The summed E-state index contributed by atoms with van der Waals surface area (Å²) in [5.41, 5.74) is 4.20. The molecule has 0 aliphatic heterocycles. The van der Waals surface area contributed by atoms with Gasteiger partial charge in [-0.2, -0.15) is 0 Å². The van der Waals surface area contributed by atoms with E-state index in [-0.39, 0.29) is 0 Å². The molecule has 0 aromatic carbocycles. The van der Waals surface area contributed by atoms with E-state index in [4.69, 9.17) is 0 Å². The Hall–Kier alpha value is 0.134. The van der Waals surface area contributed by atoms with E-state index in [1.165, 1.54) is 38.3 Å². The summed E-state index contributed by atoms with van der Waals surface area (Å²) in [6, 6.07) is 2.32. The molecule has 1 atom stereocenters. The summed E-state index contributed by atoms with van der Waals surface area (Å²) in [7, 11) is -1.53. The molecule has 0 saturated heterocycles. The molecule has 1 nitrogen and oxygen atoms in total. The van der Waals surface area contributed by atoms with Gasteiger partial charge in [-0.15, -0.1) is 5.70 Å². The summed E-state index contributed by atoms with van der Waals surface area (Å²) in [6.07, 6.45) is 5.73. The van der Waals surface area contributed by atoms with Crippen LogP contribution in [0.2, 0.25) is 25.7 Å². The van der Waals surface area contributed by atoms with Crippen LogP contribution in [0.3, 0.4) is 0 Å². The summed E-state index contributed by atoms with van der Waals surface area (Å²) >= 11 is 0. The monoisotopic (exact) mass is 269 g/mol. The molecule has 0 radical (unpaired) electrons. The van der Waals surface area contributed by atoms with Gasteiger partial charge in [0, 0.05) is 13.6 Å². The summed E-state index contributed by atoms with van der Waals surface area (Å²) in [4.78, 5) is 0. The van der Waals surface area contributed by atoms with E-state index in [2.05, 4.69) is 44.5 Å². The van der Waals surface area contributed by atoms with Gasteiger partial charge in [-0.1, -0.05) is 38.1 Å². The Morgan fingerprint density at radius 1 is 1.24 bits per heavy atom. The van der Waals surface area contributed by atoms with Crippen LogP contribution in [0, 0.1) is 0 Å². The van der Waals surface area contributed by atoms with E-state index >= 15 is 0 Å². The zero-order valence-electron chi connectivity index (χ0n) is 12.5. The molecule has 0 heterocycles. The van der Waals surface area contributed by atoms with Crippen LogP contribution in [0.15, 0.2) is 11.3 Å². The average molecular weight is 270 g/mol. The second-order valence-corrected chi connectivity index (χ2v) is 21.2. The molecule has 0 aromatic rings. The van der Waals surface area contributed by atoms with Crippen LogP contribution < -0.4 is 5.32 Å². The minimum atomic E-state index is -0.904. The highest BCUT2D eigenvalue weighted by Crippen LogP contribution is 2.18. The minimum Gasteiger partial charge on any atom is -0.314 e. The van der Waals surface area contributed by atoms with Crippen molar-refractivity contribution in [2.45, 2.75) is 71.3 Å². The fourth-order valence-electron chi connectivity index (χ4n) is 2.74. The Morgan fingerprint density at radius 3 is 2.29 bits per heavy atom. The Balaban J connectivity index is 2.36. The molecule has 1 rings (SSSR count). The van der Waals surface area contributed by atoms with Crippen LogP contribution in [0.4, 0.5) is 0 Å². The van der Waals surface area contributed by atoms with E-state index < -0.39 is 15.9 Å². The number of hydrogen-bond donors (Lipinski definition) is 1. The molecule has 100 valence electrons. The quantitative estimate of drug-likeness (QED) is 0.726. The number of nitrogens with one attached hydrogen (secondary N) is 1. The fraction of sp³-hybridized carbons (Fsp3) is 0.857. The van der Waals surface area contributed by atoms with Gasteiger partial charge in [-0.25, -0.2) is 0 Å². The fourth-order valence-corrected chi connectivity index (χ4v) is 11.1. The lowest BCUT2D eigenvalue weighted by molar-refractivity contribution is 0.542. The van der Waals surface area contributed by atoms with Crippen LogP contribution in [-0.4, -0.2) is 28.5 Å². The zero-order chi connectivity index (χ0) is 12.9. The maximum Gasteiger partial charge on any atom is 0.0564 e. The van der Waals surface area contributed by atoms with Gasteiger partial charge in [0.2, 0.25) is 0 Å². The molecular formula is C14H31NSi2. The Bertz CT molecular complexity index is 245. The highest BCUT2D eigenvalue weighted by Gasteiger charge is 2.26. The van der Waals surface area contributed by atoms with Crippen molar-refractivity contribution in [3.8, 4) is 0 Å². The molecule has 17 heavy (non-hydrogen) atoms. The van der Waals surface area contributed by atoms with Gasteiger partial charge in [-0.05, 0) is 39.3 Å². The Labute approximate surface area is 110 Å². The second-order valence-electron chi connectivity index (χ2n) is 6.94. The average Bonchev–Trinajstić information content (AvgIpc) is 2.67. The number of allylic oxidation sites excluding steroid dienone is 1. The molecule has 1 N–H and O–H groups in total. The molecule has 1 fully saturated rings. The first-order valence-corrected chi connectivity index (χ1v) is 14.1. The third-order valence-corrected chi connectivity index (χ3v) is 16.1. The predicted molar refractivity (Wildman–Crippen MR) is 85.0 cm³/mol. The lowest BCUT2D eigenvalue weighted by Gasteiger charge is -2.26. The maximum absolute atomic E-state index is 3.79. The van der Waals surface area contributed by atoms with Crippen molar-refractivity contribution < 1.29 is 0 Å². The van der Waals surface area contributed by atoms with Crippen molar-refractivity contribution in [3.05, 3.63) is 11.3 Å². The van der Waals surface area contributed by atoms with Gasteiger partial charge in [0.05, 0.1) is 8.31 Å². The predicted octanol–water partition coefficient (Wildman–Crippen LogP) is 3.67. The molecular weight excluding hydrogens is 238 g/mol. The molecule has 0 spiro atoms. The molecule has 1 saturated carbocycles. The minimum absolute atomic E-state index is 0.626. The second kappa shape index (κ2) is 6.90. The largest absolute Gasteiger partial charge is 0.314 e. The number of rotatable bonds is 6. The van der Waals surface area contributed by atoms with Crippen molar-refractivity contribution >= 4 is 15.9 Å². The van der Waals surface area contributed by atoms with Gasteiger partial charge in [0.15, 0.2) is 0 Å². The van der Waals surface area contributed by atoms with Crippen LogP contribution in [-0.2, 0) is 0 Å². The Kier molecular flexibility index (Phi) is 6.17. The maximum atomic E-state index is 3.79. The first-order chi connectivity index (χ1) is 7.89. The highest BCUT2D eigenvalue weighted by molar-refractivity contribution is 7.33. The van der Waals surface area contributed by atoms with Crippen LogP contribution in [0.1, 0.15) is 39.5 Å². The van der Waals surface area contributed by atoms with E-state index in [9.17, 15) is 0 Å². The molecule has 0 amide bonds. The van der Waals surface area contributed by atoms with Gasteiger partial charge in [0.1, 0.15) is 0 Å². The van der Waals surface area contributed by atoms with Crippen LogP contribution >= 0.6 is 0 Å². The standard InChI is InChI=1S/C14H31NSi2/c1-13(2)12-16(17(3,4)5)11-10-15-14-8-6-7-9-14/h12,14-16H,6-11H2,1-5H3. The molecule has 0 aromatic heterocycles. The van der Waals surface area contributed by atoms with Crippen molar-refractivity contribution in [3.63, 3.8) is 0 Å². The van der Waals surface area contributed by atoms with Gasteiger partial charge in [-0.3, -0.25) is 0 Å². The lowest BCUT2D eigenvalue weighted by atomic mass is 10.2. The van der Waals surface area contributed by atoms with Crippen LogP contribution in [0.25, 0.3) is 0 Å². The Morgan fingerprint density at radius 2 is 1.82 bits per heavy atom. The number of hydrogen-bond acceptors (Lipinski definition) is 1. The molecule has 1 unspecified atom stereocenters. The third-order valence-electron chi connectivity index (χ3n) is 3.89. The topological polar surface area (TPSA) is 12.0 Å². The summed E-state index contributed by atoms with van der Waals surface area (Å²) in [5.74, 6) is 0. The SMILES string of the molecule is CC(C)=C[SiH](CCNC1CCCC1)[Si](C)(C)C. The molecule has 1 aliphatic rings. The van der Waals surface area contributed by atoms with Crippen molar-refractivity contribution in [2.75, 3.05) is 6.54 Å². The highest BCUT2D eigenvalue weighted by atomic mass is 29.2. The normalized spacial score (nSPS) is 19.4. The summed E-state index contributed by atoms with van der Waals surface area (Å²) in [5, 5.41) is 3.79. The summed E-state index contributed by atoms with van der Waals surface area (Å²) < 4.78 is 0. The third kappa shape index (κ3) is 6.02. The zero-order valence-corrected chi connectivity index (χ0v) is 14.6. The van der Waals surface area contributed by atoms with Crippen molar-refractivity contribution in [1.29, 1.82) is 0 Å². The smallest absolute Gasteiger partial charge is 0.0564 e. The van der Waals surface area contributed by atoms with E-state index in [1.54, 1.807) is 5.57 Å². The van der Waals surface area contributed by atoms with Gasteiger partial charge < -0.3 is 5.32 Å². The molecule has 0 bridgehead atoms. The lowest BCUT2D eigenvalue weighted by Crippen LogP contribution is -2.44. The molecule has 3 heteroatoms. The van der Waals surface area contributed by atoms with Crippen LogP contribution in [0.5, 0.6) is 0 Å². The van der Waals surface area contributed by atoms with Crippen molar-refractivity contribution in [2.24, 2.45) is 0 Å². The molecule has 1 aliphatic carbocycles. The first-order valence-electron chi connectivity index (χ1n) is 7.28. The van der Waals surface area contributed by atoms with Crippen molar-refractivity contribution in [1.82, 2.24) is 5.32 Å². The summed E-state index contributed by atoms with van der Waals surface area (Å²) in [6.45, 7) is 13.5. The van der Waals surface area contributed by atoms with E-state index in [0.29, 0.717) is 0 Å². The van der Waals surface area contributed by atoms with E-state index in [1.807, 2.05) is 0 Å². The van der Waals surface area contributed by atoms with E-state index in [0.717, 1.165) is 6.04 Å². The first kappa shape index (κ1) is 15.2.